The Morgan fingerprint density at radius 2 is 2.17 bits per heavy atom. The van der Waals surface area contributed by atoms with Crippen LogP contribution >= 0.6 is 22.6 Å². The van der Waals surface area contributed by atoms with E-state index >= 15 is 0 Å². The fourth-order valence-electron chi connectivity index (χ4n) is 0.967. The lowest BCUT2D eigenvalue weighted by atomic mass is 10.1. The van der Waals surface area contributed by atoms with E-state index in [0.717, 1.165) is 21.7 Å². The van der Waals surface area contributed by atoms with Crippen molar-refractivity contribution in [2.75, 3.05) is 0 Å². The minimum atomic E-state index is 0.739. The summed E-state index contributed by atoms with van der Waals surface area (Å²) in [4.78, 5) is 0. The molecule has 4 heteroatoms. The van der Waals surface area contributed by atoms with Crippen LogP contribution < -0.4 is 0 Å². The summed E-state index contributed by atoms with van der Waals surface area (Å²) in [5, 5.41) is 8.05. The van der Waals surface area contributed by atoms with E-state index in [4.69, 9.17) is 0 Å². The van der Waals surface area contributed by atoms with Gasteiger partial charge in [0.1, 0.15) is 3.70 Å². The second-order valence-corrected chi connectivity index (χ2v) is 4.40. The van der Waals surface area contributed by atoms with Crippen LogP contribution in [0.25, 0.3) is 0 Å². The Labute approximate surface area is 86.7 Å². The van der Waals surface area contributed by atoms with Crippen molar-refractivity contribution < 1.29 is 0 Å². The van der Waals surface area contributed by atoms with Gasteiger partial charge in [0.15, 0.2) is 0 Å². The van der Waals surface area contributed by atoms with Crippen molar-refractivity contribution in [1.82, 2.24) is 15.0 Å². The monoisotopic (exact) mass is 279 g/mol. The number of halogens is 1. The first-order valence-electron chi connectivity index (χ1n) is 4.15. The SMILES string of the molecule is CC(C)CCc1nnn(C)c1I. The highest BCUT2D eigenvalue weighted by molar-refractivity contribution is 14.1. The van der Waals surface area contributed by atoms with Crippen LogP contribution in [0.15, 0.2) is 0 Å². The van der Waals surface area contributed by atoms with E-state index in [2.05, 4.69) is 46.8 Å². The summed E-state index contributed by atoms with van der Waals surface area (Å²) < 4.78 is 2.98. The molecular formula is C8H14IN3. The third-order valence-corrected chi connectivity index (χ3v) is 3.10. The second kappa shape index (κ2) is 4.20. The van der Waals surface area contributed by atoms with E-state index < -0.39 is 0 Å². The standard InChI is InChI=1S/C8H14IN3/c1-6(2)4-5-7-8(9)12(3)11-10-7/h6H,4-5H2,1-3H3. The molecule has 0 aliphatic rings. The minimum absolute atomic E-state index is 0.739. The molecule has 0 saturated carbocycles. The predicted octanol–water partition coefficient (Wildman–Crippen LogP) is 2.01. The Hall–Kier alpha value is -0.130. The van der Waals surface area contributed by atoms with Gasteiger partial charge in [-0.1, -0.05) is 19.1 Å². The van der Waals surface area contributed by atoms with Gasteiger partial charge in [0.2, 0.25) is 0 Å². The van der Waals surface area contributed by atoms with Crippen molar-refractivity contribution >= 4 is 22.6 Å². The third kappa shape index (κ3) is 2.43. The number of hydrogen-bond donors (Lipinski definition) is 0. The number of nitrogens with zero attached hydrogens (tertiary/aromatic N) is 3. The van der Waals surface area contributed by atoms with Gasteiger partial charge in [-0.15, -0.1) is 5.10 Å². The fourth-order valence-corrected chi connectivity index (χ4v) is 1.44. The lowest BCUT2D eigenvalue weighted by Gasteiger charge is -2.01. The topological polar surface area (TPSA) is 30.7 Å². The van der Waals surface area contributed by atoms with Crippen LogP contribution in [-0.4, -0.2) is 15.0 Å². The molecular weight excluding hydrogens is 265 g/mol. The first-order chi connectivity index (χ1) is 5.61. The third-order valence-electron chi connectivity index (χ3n) is 1.78. The number of aryl methyl sites for hydroxylation is 2. The van der Waals surface area contributed by atoms with Crippen molar-refractivity contribution in [3.05, 3.63) is 9.39 Å². The van der Waals surface area contributed by atoms with E-state index in [1.165, 1.54) is 6.42 Å². The largest absolute Gasteiger partial charge is 0.242 e. The summed E-state index contributed by atoms with van der Waals surface area (Å²) in [5.74, 6) is 0.739. The Morgan fingerprint density at radius 3 is 2.58 bits per heavy atom. The minimum Gasteiger partial charge on any atom is -0.242 e. The summed E-state index contributed by atoms with van der Waals surface area (Å²) in [7, 11) is 1.92. The Morgan fingerprint density at radius 1 is 1.50 bits per heavy atom. The van der Waals surface area contributed by atoms with E-state index in [0.29, 0.717) is 0 Å². The zero-order valence-corrected chi connectivity index (χ0v) is 9.87. The molecule has 0 atom stereocenters. The number of hydrogen-bond acceptors (Lipinski definition) is 2. The van der Waals surface area contributed by atoms with Gasteiger partial charge >= 0.3 is 0 Å². The molecule has 12 heavy (non-hydrogen) atoms. The second-order valence-electron chi connectivity index (χ2n) is 3.38. The van der Waals surface area contributed by atoms with Crippen molar-refractivity contribution in [3.63, 3.8) is 0 Å². The predicted molar refractivity (Wildman–Crippen MR) is 56.9 cm³/mol. The molecule has 0 fully saturated rings. The van der Waals surface area contributed by atoms with Gasteiger partial charge in [-0.3, -0.25) is 0 Å². The van der Waals surface area contributed by atoms with E-state index in [9.17, 15) is 0 Å². The van der Waals surface area contributed by atoms with Crippen LogP contribution in [0, 0.1) is 9.62 Å². The zero-order chi connectivity index (χ0) is 9.14. The van der Waals surface area contributed by atoms with E-state index in [1.807, 2.05) is 11.7 Å². The molecule has 0 radical (unpaired) electrons. The van der Waals surface area contributed by atoms with Crippen molar-refractivity contribution in [1.29, 1.82) is 0 Å². The Balaban J connectivity index is 2.58. The maximum atomic E-state index is 4.09. The molecule has 0 spiro atoms. The Bertz CT molecular complexity index is 255. The summed E-state index contributed by atoms with van der Waals surface area (Å²) >= 11 is 2.28. The van der Waals surface area contributed by atoms with Crippen LogP contribution in [-0.2, 0) is 13.5 Å². The molecule has 3 nitrogen and oxygen atoms in total. The molecule has 1 rings (SSSR count). The van der Waals surface area contributed by atoms with Crippen molar-refractivity contribution in [2.24, 2.45) is 13.0 Å². The van der Waals surface area contributed by atoms with Gasteiger partial charge in [-0.25, -0.2) is 4.68 Å². The molecule has 0 N–H and O–H groups in total. The highest BCUT2D eigenvalue weighted by Gasteiger charge is 2.07. The Kier molecular flexibility index (Phi) is 3.49. The summed E-state index contributed by atoms with van der Waals surface area (Å²) in [6.07, 6.45) is 2.23. The van der Waals surface area contributed by atoms with Gasteiger partial charge in [0, 0.05) is 7.05 Å². The van der Waals surface area contributed by atoms with Crippen LogP contribution in [0.2, 0.25) is 0 Å². The highest BCUT2D eigenvalue weighted by Crippen LogP contribution is 2.12. The van der Waals surface area contributed by atoms with Gasteiger partial charge in [-0.05, 0) is 41.4 Å². The molecule has 1 aromatic heterocycles. The molecule has 0 bridgehead atoms. The summed E-state index contributed by atoms with van der Waals surface area (Å²) in [5.41, 5.74) is 1.13. The fraction of sp³-hybridized carbons (Fsp3) is 0.750. The number of aromatic nitrogens is 3. The molecule has 0 aliphatic carbocycles. The molecule has 0 amide bonds. The average Bonchev–Trinajstić information content (AvgIpc) is 2.30. The molecule has 0 unspecified atom stereocenters. The molecule has 0 saturated heterocycles. The highest BCUT2D eigenvalue weighted by atomic mass is 127. The van der Waals surface area contributed by atoms with Crippen LogP contribution in [0.1, 0.15) is 26.0 Å². The van der Waals surface area contributed by atoms with Gasteiger partial charge in [0.05, 0.1) is 5.69 Å². The lowest BCUT2D eigenvalue weighted by Crippen LogP contribution is -1.96. The molecule has 0 aromatic carbocycles. The van der Waals surface area contributed by atoms with Crippen molar-refractivity contribution in [3.8, 4) is 0 Å². The summed E-state index contributed by atoms with van der Waals surface area (Å²) in [6.45, 7) is 4.45. The van der Waals surface area contributed by atoms with E-state index in [1.54, 1.807) is 0 Å². The lowest BCUT2D eigenvalue weighted by molar-refractivity contribution is 0.580. The van der Waals surface area contributed by atoms with Gasteiger partial charge < -0.3 is 0 Å². The maximum absolute atomic E-state index is 4.09. The van der Waals surface area contributed by atoms with Crippen LogP contribution in [0.4, 0.5) is 0 Å². The first-order valence-corrected chi connectivity index (χ1v) is 5.23. The number of rotatable bonds is 3. The zero-order valence-electron chi connectivity index (χ0n) is 7.71. The molecule has 1 aromatic rings. The molecule has 1 heterocycles. The van der Waals surface area contributed by atoms with Gasteiger partial charge in [-0.2, -0.15) is 0 Å². The summed E-state index contributed by atoms with van der Waals surface area (Å²) in [6, 6.07) is 0. The average molecular weight is 279 g/mol. The molecule has 0 aliphatic heterocycles. The van der Waals surface area contributed by atoms with Gasteiger partial charge in [0.25, 0.3) is 0 Å². The van der Waals surface area contributed by atoms with Crippen LogP contribution in [0.5, 0.6) is 0 Å². The quantitative estimate of drug-likeness (QED) is 0.792. The maximum Gasteiger partial charge on any atom is 0.122 e. The first kappa shape index (κ1) is 9.95. The molecule has 68 valence electrons. The van der Waals surface area contributed by atoms with E-state index in [-0.39, 0.29) is 0 Å². The normalized spacial score (nSPS) is 11.1. The van der Waals surface area contributed by atoms with Crippen LogP contribution in [0.3, 0.4) is 0 Å². The van der Waals surface area contributed by atoms with Crippen molar-refractivity contribution in [2.45, 2.75) is 26.7 Å². The smallest absolute Gasteiger partial charge is 0.122 e.